The van der Waals surface area contributed by atoms with E-state index in [1.54, 1.807) is 41.3 Å². The first-order chi connectivity index (χ1) is 19.0. The van der Waals surface area contributed by atoms with Gasteiger partial charge in [0.05, 0.1) is 28.5 Å². The number of amides is 1. The summed E-state index contributed by atoms with van der Waals surface area (Å²) in [6.07, 6.45) is 4.46. The molecule has 0 spiro atoms. The van der Waals surface area contributed by atoms with Crippen LogP contribution in [0, 0.1) is 5.82 Å². The molecule has 1 aliphatic heterocycles. The van der Waals surface area contributed by atoms with Crippen molar-refractivity contribution in [3.63, 3.8) is 0 Å². The van der Waals surface area contributed by atoms with Crippen molar-refractivity contribution in [1.29, 1.82) is 0 Å². The number of hydrogen-bond donors (Lipinski definition) is 2. The summed E-state index contributed by atoms with van der Waals surface area (Å²) in [5.74, 6) is 0.116. The highest BCUT2D eigenvalue weighted by Crippen LogP contribution is 2.23. The maximum Gasteiger partial charge on any atom is 0.255 e. The number of nitrogens with zero attached hydrogens (tertiary/aromatic N) is 5. The van der Waals surface area contributed by atoms with Crippen LogP contribution in [-0.4, -0.2) is 75.2 Å². The topological polar surface area (TPSA) is 82.1 Å². The van der Waals surface area contributed by atoms with Crippen LogP contribution in [0.4, 0.5) is 10.1 Å². The minimum Gasteiger partial charge on any atom is -0.338 e. The van der Waals surface area contributed by atoms with E-state index in [9.17, 15) is 9.18 Å². The number of aromatic nitrogens is 4. The van der Waals surface area contributed by atoms with Crippen molar-refractivity contribution in [2.45, 2.75) is 6.42 Å². The average molecular weight is 524 g/mol. The number of halogens is 1. The summed E-state index contributed by atoms with van der Waals surface area (Å²) in [6.45, 7) is 5.53. The standard InChI is InChI=1S/C30H30FN7O/c1-36-13-15-37(16-14-36)12-11-21-5-8-25(9-6-21)33-30(39)22-7-10-27-28(17-22)35-29(34-27)23-19-32-38(20-23)26-4-2-3-24(31)18-26/h2-10,17-20H,11-16H2,1H3,(H,33,39)(H,34,35). The molecule has 8 nitrogen and oxygen atoms in total. The second-order valence-electron chi connectivity index (χ2n) is 10.0. The molecule has 6 rings (SSSR count). The van der Waals surface area contributed by atoms with Crippen molar-refractivity contribution >= 4 is 22.6 Å². The van der Waals surface area contributed by atoms with Gasteiger partial charge in [0.1, 0.15) is 11.6 Å². The fourth-order valence-corrected chi connectivity index (χ4v) is 4.81. The maximum absolute atomic E-state index is 13.6. The Bertz CT molecular complexity index is 1600. The predicted octanol–water partition coefficient (Wildman–Crippen LogP) is 4.60. The predicted molar refractivity (Wildman–Crippen MR) is 151 cm³/mol. The molecule has 1 saturated heterocycles. The summed E-state index contributed by atoms with van der Waals surface area (Å²) in [5.41, 5.74) is 5.43. The summed E-state index contributed by atoms with van der Waals surface area (Å²) >= 11 is 0. The molecule has 2 aromatic heterocycles. The van der Waals surface area contributed by atoms with Crippen LogP contribution in [0.2, 0.25) is 0 Å². The van der Waals surface area contributed by atoms with E-state index in [1.165, 1.54) is 17.7 Å². The van der Waals surface area contributed by atoms with E-state index in [2.05, 4.69) is 49.4 Å². The third-order valence-electron chi connectivity index (χ3n) is 7.20. The number of aromatic amines is 1. The lowest BCUT2D eigenvalue weighted by molar-refractivity contribution is 0.102. The number of rotatable bonds is 7. The summed E-state index contributed by atoms with van der Waals surface area (Å²) in [4.78, 5) is 25.7. The summed E-state index contributed by atoms with van der Waals surface area (Å²) in [5, 5.41) is 7.32. The minimum atomic E-state index is -0.323. The van der Waals surface area contributed by atoms with Gasteiger partial charge in [-0.2, -0.15) is 5.10 Å². The molecule has 0 aliphatic carbocycles. The van der Waals surface area contributed by atoms with Crippen LogP contribution < -0.4 is 5.32 Å². The van der Waals surface area contributed by atoms with Crippen LogP contribution in [0.3, 0.4) is 0 Å². The SMILES string of the molecule is CN1CCN(CCc2ccc(NC(=O)c3ccc4nc(-c5cnn(-c6cccc(F)c6)c5)[nH]c4c3)cc2)CC1. The molecular weight excluding hydrogens is 493 g/mol. The van der Waals surface area contributed by atoms with E-state index in [0.717, 1.165) is 61.4 Å². The molecule has 5 aromatic rings. The summed E-state index contributed by atoms with van der Waals surface area (Å²) in [6, 6.07) is 19.7. The molecule has 3 heterocycles. The normalized spacial score (nSPS) is 14.6. The van der Waals surface area contributed by atoms with Gasteiger partial charge >= 0.3 is 0 Å². The smallest absolute Gasteiger partial charge is 0.255 e. The molecule has 3 aromatic carbocycles. The number of benzene rings is 3. The monoisotopic (exact) mass is 523 g/mol. The lowest BCUT2D eigenvalue weighted by Crippen LogP contribution is -2.45. The van der Waals surface area contributed by atoms with Crippen molar-refractivity contribution in [3.8, 4) is 17.1 Å². The zero-order valence-corrected chi connectivity index (χ0v) is 21.8. The molecule has 1 aliphatic rings. The van der Waals surface area contributed by atoms with E-state index < -0.39 is 0 Å². The molecule has 1 fully saturated rings. The molecule has 1 amide bonds. The Morgan fingerprint density at radius 1 is 1.03 bits per heavy atom. The van der Waals surface area contributed by atoms with Crippen molar-refractivity contribution in [2.24, 2.45) is 0 Å². The fraction of sp³-hybridized carbons (Fsp3) is 0.233. The second-order valence-corrected chi connectivity index (χ2v) is 10.0. The van der Waals surface area contributed by atoms with Gasteiger partial charge < -0.3 is 20.1 Å². The number of anilines is 1. The number of nitrogens with one attached hydrogen (secondary N) is 2. The maximum atomic E-state index is 13.6. The Balaban J connectivity index is 1.10. The zero-order valence-electron chi connectivity index (χ0n) is 21.8. The molecule has 0 saturated carbocycles. The van der Waals surface area contributed by atoms with Gasteiger partial charge in [-0.1, -0.05) is 18.2 Å². The molecule has 0 bridgehead atoms. The highest BCUT2D eigenvalue weighted by molar-refractivity contribution is 6.06. The van der Waals surface area contributed by atoms with Crippen molar-refractivity contribution in [1.82, 2.24) is 29.5 Å². The van der Waals surface area contributed by atoms with Crippen LogP contribution in [0.5, 0.6) is 0 Å². The quantitative estimate of drug-likeness (QED) is 0.326. The molecule has 2 N–H and O–H groups in total. The number of carbonyl (C=O) groups excluding carboxylic acids is 1. The van der Waals surface area contributed by atoms with E-state index in [0.29, 0.717) is 17.1 Å². The number of likely N-dealkylation sites (N-methyl/N-ethyl adjacent to an activating group) is 1. The van der Waals surface area contributed by atoms with Gasteiger partial charge in [-0.25, -0.2) is 14.1 Å². The lowest BCUT2D eigenvalue weighted by atomic mass is 10.1. The first-order valence-corrected chi connectivity index (χ1v) is 13.1. The number of fused-ring (bicyclic) bond motifs is 1. The van der Waals surface area contributed by atoms with Crippen LogP contribution in [0.1, 0.15) is 15.9 Å². The Morgan fingerprint density at radius 3 is 2.64 bits per heavy atom. The molecular formula is C30H30FN7O. The third-order valence-corrected chi connectivity index (χ3v) is 7.20. The summed E-state index contributed by atoms with van der Waals surface area (Å²) < 4.78 is 15.2. The highest BCUT2D eigenvalue weighted by atomic mass is 19.1. The number of piperazine rings is 1. The van der Waals surface area contributed by atoms with Gasteiger partial charge in [0.25, 0.3) is 5.91 Å². The zero-order chi connectivity index (χ0) is 26.8. The molecule has 198 valence electrons. The van der Waals surface area contributed by atoms with Gasteiger partial charge in [0, 0.05) is 50.2 Å². The molecule has 0 atom stereocenters. The molecule has 39 heavy (non-hydrogen) atoms. The number of carbonyl (C=O) groups is 1. The van der Waals surface area contributed by atoms with Gasteiger partial charge in [0.15, 0.2) is 0 Å². The number of hydrogen-bond acceptors (Lipinski definition) is 5. The second kappa shape index (κ2) is 10.8. The van der Waals surface area contributed by atoms with Gasteiger partial charge in [-0.3, -0.25) is 4.79 Å². The Labute approximate surface area is 226 Å². The lowest BCUT2D eigenvalue weighted by Gasteiger charge is -2.32. The van der Waals surface area contributed by atoms with Crippen LogP contribution in [-0.2, 0) is 6.42 Å². The van der Waals surface area contributed by atoms with E-state index in [4.69, 9.17) is 0 Å². The van der Waals surface area contributed by atoms with Crippen LogP contribution >= 0.6 is 0 Å². The molecule has 9 heteroatoms. The first kappa shape index (κ1) is 25.0. The largest absolute Gasteiger partial charge is 0.338 e. The molecule has 0 unspecified atom stereocenters. The first-order valence-electron chi connectivity index (χ1n) is 13.1. The Kier molecular flexibility index (Phi) is 6.91. The van der Waals surface area contributed by atoms with Gasteiger partial charge in [-0.15, -0.1) is 0 Å². The van der Waals surface area contributed by atoms with Crippen molar-refractivity contribution < 1.29 is 9.18 Å². The van der Waals surface area contributed by atoms with E-state index >= 15 is 0 Å². The fourth-order valence-electron chi connectivity index (χ4n) is 4.81. The van der Waals surface area contributed by atoms with Gasteiger partial charge in [0.2, 0.25) is 0 Å². The third kappa shape index (κ3) is 5.74. The molecule has 0 radical (unpaired) electrons. The average Bonchev–Trinajstić information content (AvgIpc) is 3.61. The van der Waals surface area contributed by atoms with Crippen molar-refractivity contribution in [3.05, 3.63) is 96.1 Å². The van der Waals surface area contributed by atoms with E-state index in [1.807, 2.05) is 18.2 Å². The number of H-pyrrole nitrogens is 1. The highest BCUT2D eigenvalue weighted by Gasteiger charge is 2.14. The van der Waals surface area contributed by atoms with E-state index in [-0.39, 0.29) is 11.7 Å². The van der Waals surface area contributed by atoms with Gasteiger partial charge in [-0.05, 0) is 67.6 Å². The van der Waals surface area contributed by atoms with Crippen molar-refractivity contribution in [2.75, 3.05) is 45.1 Å². The number of imidazole rings is 1. The van der Waals surface area contributed by atoms with Crippen LogP contribution in [0.25, 0.3) is 28.1 Å². The minimum absolute atomic E-state index is 0.183. The Morgan fingerprint density at radius 2 is 1.85 bits per heavy atom. The van der Waals surface area contributed by atoms with Crippen LogP contribution in [0.15, 0.2) is 79.1 Å². The summed E-state index contributed by atoms with van der Waals surface area (Å²) in [7, 11) is 2.17. The Hall–Kier alpha value is -4.34.